The first kappa shape index (κ1) is 20.9. The maximum Gasteiger partial charge on any atom is 0.336 e. The average Bonchev–Trinajstić information content (AvgIpc) is 2.59. The molecule has 0 spiro atoms. The van der Waals surface area contributed by atoms with Crippen LogP contribution in [0.2, 0.25) is 6.04 Å². The molecule has 0 bridgehead atoms. The molecule has 2 N–H and O–H groups in total. The quantitative estimate of drug-likeness (QED) is 0.679. The fourth-order valence-corrected chi connectivity index (χ4v) is 6.61. The molecule has 2 aromatic rings. The van der Waals surface area contributed by atoms with Crippen LogP contribution in [0.5, 0.6) is 0 Å². The van der Waals surface area contributed by atoms with Crippen LogP contribution in [0.15, 0.2) is 60.7 Å². The van der Waals surface area contributed by atoms with Crippen LogP contribution in [0.3, 0.4) is 0 Å². The van der Waals surface area contributed by atoms with Crippen molar-refractivity contribution in [3.05, 3.63) is 60.7 Å². The highest BCUT2D eigenvalue weighted by Gasteiger charge is 2.47. The lowest BCUT2D eigenvalue weighted by atomic mass is 10.00. The molecule has 0 radical (unpaired) electrons. The number of benzene rings is 2. The number of rotatable bonds is 8. The van der Waals surface area contributed by atoms with E-state index >= 15 is 0 Å². The van der Waals surface area contributed by atoms with Crippen molar-refractivity contribution in [2.75, 3.05) is 0 Å². The van der Waals surface area contributed by atoms with Gasteiger partial charge in [0.05, 0.1) is 12.0 Å². The van der Waals surface area contributed by atoms with Gasteiger partial charge in [-0.3, -0.25) is 4.79 Å². The fraction of sp³-hybridized carbons (Fsp3) is 0.333. The van der Waals surface area contributed by atoms with Gasteiger partial charge >= 0.3 is 11.9 Å². The molecule has 0 heterocycles. The topological polar surface area (TPSA) is 83.8 Å². The summed E-state index contributed by atoms with van der Waals surface area (Å²) in [6.45, 7) is 5.23. The predicted octanol–water partition coefficient (Wildman–Crippen LogP) is 2.14. The minimum Gasteiger partial charge on any atom is -0.481 e. The molecule has 6 heteroatoms. The Hall–Kier alpha value is -2.44. The summed E-state index contributed by atoms with van der Waals surface area (Å²) in [4.78, 5) is 23.8. The summed E-state index contributed by atoms with van der Waals surface area (Å²) < 4.78 is 5.93. The summed E-state index contributed by atoms with van der Waals surface area (Å²) in [6.07, 6.45) is -0.581. The number of hydrogen-bond donors (Lipinski definition) is 2. The van der Waals surface area contributed by atoms with Crippen LogP contribution in [0.1, 0.15) is 27.2 Å². The van der Waals surface area contributed by atoms with Crippen LogP contribution < -0.4 is 10.4 Å². The van der Waals surface area contributed by atoms with Gasteiger partial charge in [0.25, 0.3) is 0 Å². The molecular weight excluding hydrogens is 360 g/mol. The Morgan fingerprint density at radius 3 is 1.67 bits per heavy atom. The number of carbonyl (C=O) groups is 2. The van der Waals surface area contributed by atoms with Crippen molar-refractivity contribution < 1.29 is 24.5 Å². The van der Waals surface area contributed by atoms with Gasteiger partial charge in [0, 0.05) is 0 Å². The molecule has 0 aromatic heterocycles. The molecule has 27 heavy (non-hydrogen) atoms. The lowest BCUT2D eigenvalue weighted by molar-refractivity contribution is -0.186. The van der Waals surface area contributed by atoms with E-state index < -0.39 is 38.4 Å². The van der Waals surface area contributed by atoms with Gasteiger partial charge in [-0.2, -0.15) is 0 Å². The molecule has 0 saturated heterocycles. The Kier molecular flexibility index (Phi) is 6.57. The maximum absolute atomic E-state index is 12.3. The van der Waals surface area contributed by atoms with Gasteiger partial charge in [0.2, 0.25) is 0 Å². The van der Waals surface area contributed by atoms with Crippen LogP contribution in [-0.4, -0.2) is 42.2 Å². The molecule has 0 aliphatic carbocycles. The van der Waals surface area contributed by atoms with Crippen LogP contribution in [-0.2, 0) is 14.3 Å². The van der Waals surface area contributed by atoms with Gasteiger partial charge in [-0.1, -0.05) is 71.0 Å². The number of hydrogen-bond acceptors (Lipinski definition) is 3. The second-order valence-corrected chi connectivity index (χ2v) is 10.5. The molecule has 0 fully saturated rings. The average molecular weight is 387 g/mol. The van der Waals surface area contributed by atoms with Gasteiger partial charge in [-0.25, -0.2) is 4.79 Å². The summed E-state index contributed by atoms with van der Waals surface area (Å²) in [5.41, 5.74) is -2.58. The van der Waals surface area contributed by atoms with Crippen LogP contribution in [0, 0.1) is 0 Å². The SMILES string of the molecule is CC(C)(C)OC(CC(=O)O)(C[SiH](c1ccccc1)c1ccccc1)C(=O)O. The lowest BCUT2D eigenvalue weighted by Gasteiger charge is -2.37. The molecular formula is C21H26O5Si. The van der Waals surface area contributed by atoms with Crippen LogP contribution in [0.4, 0.5) is 0 Å². The van der Waals surface area contributed by atoms with Gasteiger partial charge in [0.15, 0.2) is 5.60 Å². The molecule has 144 valence electrons. The number of carboxylic acids is 2. The minimum atomic E-state index is -2.05. The van der Waals surface area contributed by atoms with Crippen molar-refractivity contribution >= 4 is 31.1 Å². The summed E-state index contributed by atoms with van der Waals surface area (Å²) in [6, 6.07) is 19.6. The van der Waals surface area contributed by atoms with Gasteiger partial charge in [-0.05, 0) is 26.8 Å². The molecule has 0 aliphatic heterocycles. The van der Waals surface area contributed by atoms with Crippen molar-refractivity contribution in [3.63, 3.8) is 0 Å². The Morgan fingerprint density at radius 1 is 0.889 bits per heavy atom. The van der Waals surface area contributed by atoms with Crippen molar-refractivity contribution in [1.29, 1.82) is 0 Å². The minimum absolute atomic E-state index is 0.153. The summed E-state index contributed by atoms with van der Waals surface area (Å²) >= 11 is 0. The number of carboxylic acid groups (broad SMARTS) is 2. The van der Waals surface area contributed by atoms with Crippen molar-refractivity contribution in [2.45, 2.75) is 44.4 Å². The van der Waals surface area contributed by atoms with E-state index in [9.17, 15) is 19.8 Å². The molecule has 0 amide bonds. The molecule has 5 nitrogen and oxygen atoms in total. The summed E-state index contributed by atoms with van der Waals surface area (Å²) in [5, 5.41) is 21.5. The Bertz CT molecular complexity index is 731. The fourth-order valence-electron chi connectivity index (χ4n) is 3.32. The molecule has 0 aliphatic rings. The molecule has 1 atom stereocenters. The molecule has 0 saturated carbocycles. The number of ether oxygens (including phenoxy) is 1. The highest BCUT2D eigenvalue weighted by Crippen LogP contribution is 2.30. The van der Waals surface area contributed by atoms with E-state index in [1.165, 1.54) is 0 Å². The first-order valence-corrected chi connectivity index (χ1v) is 10.9. The Balaban J connectivity index is 2.55. The highest BCUT2D eigenvalue weighted by molar-refractivity contribution is 6.85. The van der Waals surface area contributed by atoms with Gasteiger partial charge in [-0.15, -0.1) is 0 Å². The Morgan fingerprint density at radius 2 is 1.33 bits per heavy atom. The van der Waals surface area contributed by atoms with Gasteiger partial charge < -0.3 is 14.9 Å². The third-order valence-electron chi connectivity index (χ3n) is 4.27. The first-order valence-electron chi connectivity index (χ1n) is 8.88. The van der Waals surface area contributed by atoms with E-state index in [0.717, 1.165) is 10.4 Å². The maximum atomic E-state index is 12.3. The van der Waals surface area contributed by atoms with E-state index in [-0.39, 0.29) is 6.04 Å². The van der Waals surface area contributed by atoms with Crippen molar-refractivity contribution in [3.8, 4) is 0 Å². The highest BCUT2D eigenvalue weighted by atomic mass is 28.3. The summed E-state index contributed by atoms with van der Waals surface area (Å²) in [7, 11) is -2.05. The zero-order valence-corrected chi connectivity index (χ0v) is 17.0. The zero-order chi connectivity index (χ0) is 20.1. The third-order valence-corrected chi connectivity index (χ3v) is 7.71. The molecule has 1 unspecified atom stereocenters. The van der Waals surface area contributed by atoms with E-state index in [0.29, 0.717) is 0 Å². The second kappa shape index (κ2) is 8.50. The molecule has 2 rings (SSSR count). The standard InChI is InChI=1S/C21H26O5Si/c1-20(2,3)26-21(19(24)25,14-18(22)23)15-27(16-10-6-4-7-11-16)17-12-8-5-9-13-17/h4-13,27H,14-15H2,1-3H3,(H,22,23)(H,24,25). The van der Waals surface area contributed by atoms with Crippen LogP contribution in [0.25, 0.3) is 0 Å². The van der Waals surface area contributed by atoms with E-state index in [4.69, 9.17) is 4.74 Å². The summed E-state index contributed by atoms with van der Waals surface area (Å²) in [5.74, 6) is -2.42. The van der Waals surface area contributed by atoms with Crippen LogP contribution >= 0.6 is 0 Å². The third kappa shape index (κ3) is 5.77. The van der Waals surface area contributed by atoms with Gasteiger partial charge in [0.1, 0.15) is 8.80 Å². The lowest BCUT2D eigenvalue weighted by Crippen LogP contribution is -2.55. The van der Waals surface area contributed by atoms with Crippen molar-refractivity contribution in [1.82, 2.24) is 0 Å². The van der Waals surface area contributed by atoms with E-state index in [1.807, 2.05) is 60.7 Å². The smallest absolute Gasteiger partial charge is 0.336 e. The monoisotopic (exact) mass is 386 g/mol. The largest absolute Gasteiger partial charge is 0.481 e. The first-order chi connectivity index (χ1) is 12.6. The van der Waals surface area contributed by atoms with Crippen molar-refractivity contribution in [2.24, 2.45) is 0 Å². The second-order valence-electron chi connectivity index (χ2n) is 7.66. The predicted molar refractivity (Wildman–Crippen MR) is 108 cm³/mol. The zero-order valence-electron chi connectivity index (χ0n) is 15.9. The molecule has 2 aromatic carbocycles. The number of aliphatic carboxylic acids is 2. The van der Waals surface area contributed by atoms with E-state index in [1.54, 1.807) is 20.8 Å². The normalized spacial score (nSPS) is 13.9. The van der Waals surface area contributed by atoms with E-state index in [2.05, 4.69) is 0 Å². The Labute approximate surface area is 161 Å².